The standard InChI is InChI=1S/C6H10FN/c1-8-6-4-2-3-5-7/h2-4,6,8H,5H2,1H3/b3-2-,6-4-. The van der Waals surface area contributed by atoms with E-state index in [0.29, 0.717) is 0 Å². The molecular weight excluding hydrogens is 105 g/mol. The zero-order valence-corrected chi connectivity index (χ0v) is 4.89. The molecule has 0 saturated carbocycles. The SMILES string of the molecule is CN/C=C\C=C/CF. The lowest BCUT2D eigenvalue weighted by Gasteiger charge is -1.78. The van der Waals surface area contributed by atoms with Crippen LogP contribution in [-0.2, 0) is 0 Å². The molecule has 0 heterocycles. The molecule has 0 aromatic heterocycles. The number of allylic oxidation sites excluding steroid dienone is 3. The van der Waals surface area contributed by atoms with Gasteiger partial charge in [-0.15, -0.1) is 0 Å². The number of halogens is 1. The van der Waals surface area contributed by atoms with Gasteiger partial charge in [-0.25, -0.2) is 4.39 Å². The second kappa shape index (κ2) is 6.21. The van der Waals surface area contributed by atoms with Gasteiger partial charge in [0.25, 0.3) is 0 Å². The van der Waals surface area contributed by atoms with Crippen molar-refractivity contribution in [3.63, 3.8) is 0 Å². The second-order valence-electron chi connectivity index (χ2n) is 1.23. The maximum Gasteiger partial charge on any atom is 0.108 e. The quantitative estimate of drug-likeness (QED) is 0.546. The van der Waals surface area contributed by atoms with Crippen LogP contribution in [0.25, 0.3) is 0 Å². The summed E-state index contributed by atoms with van der Waals surface area (Å²) >= 11 is 0. The van der Waals surface area contributed by atoms with E-state index in [4.69, 9.17) is 0 Å². The van der Waals surface area contributed by atoms with Crippen molar-refractivity contribution < 1.29 is 4.39 Å². The maximum absolute atomic E-state index is 11.3. The third kappa shape index (κ3) is 5.21. The Morgan fingerprint density at radius 2 is 2.25 bits per heavy atom. The van der Waals surface area contributed by atoms with Crippen LogP contribution in [0.5, 0.6) is 0 Å². The molecule has 0 spiro atoms. The number of hydrogen-bond donors (Lipinski definition) is 1. The van der Waals surface area contributed by atoms with Gasteiger partial charge in [0.1, 0.15) is 6.67 Å². The minimum absolute atomic E-state index is 0.395. The van der Waals surface area contributed by atoms with Crippen LogP contribution in [0.3, 0.4) is 0 Å². The first-order valence-corrected chi connectivity index (χ1v) is 2.46. The molecule has 1 N–H and O–H groups in total. The largest absolute Gasteiger partial charge is 0.394 e. The van der Waals surface area contributed by atoms with Gasteiger partial charge in [0.05, 0.1) is 0 Å². The van der Waals surface area contributed by atoms with E-state index in [2.05, 4.69) is 5.32 Å². The van der Waals surface area contributed by atoms with Crippen molar-refractivity contribution in [2.24, 2.45) is 0 Å². The minimum Gasteiger partial charge on any atom is -0.394 e. The average Bonchev–Trinajstić information content (AvgIpc) is 1.81. The van der Waals surface area contributed by atoms with Crippen LogP contribution in [0.2, 0.25) is 0 Å². The summed E-state index contributed by atoms with van der Waals surface area (Å²) < 4.78 is 11.3. The van der Waals surface area contributed by atoms with Gasteiger partial charge >= 0.3 is 0 Å². The third-order valence-electron chi connectivity index (χ3n) is 0.599. The van der Waals surface area contributed by atoms with Crippen molar-refractivity contribution >= 4 is 0 Å². The summed E-state index contributed by atoms with van der Waals surface area (Å²) in [5.41, 5.74) is 0. The van der Waals surface area contributed by atoms with Gasteiger partial charge in [-0.2, -0.15) is 0 Å². The molecule has 0 atom stereocenters. The van der Waals surface area contributed by atoms with Gasteiger partial charge in [-0.05, 0) is 12.3 Å². The summed E-state index contributed by atoms with van der Waals surface area (Å²) in [6.45, 7) is -0.395. The third-order valence-corrected chi connectivity index (χ3v) is 0.599. The Morgan fingerprint density at radius 3 is 2.75 bits per heavy atom. The van der Waals surface area contributed by atoms with Crippen LogP contribution in [0.4, 0.5) is 4.39 Å². The van der Waals surface area contributed by atoms with Crippen LogP contribution in [-0.4, -0.2) is 13.7 Å². The van der Waals surface area contributed by atoms with Crippen LogP contribution in [0.1, 0.15) is 0 Å². The molecule has 0 rings (SSSR count). The Kier molecular flexibility index (Phi) is 5.60. The fourth-order valence-corrected chi connectivity index (χ4v) is 0.282. The molecule has 8 heavy (non-hydrogen) atoms. The summed E-state index contributed by atoms with van der Waals surface area (Å²) in [5.74, 6) is 0. The molecule has 0 amide bonds. The summed E-state index contributed by atoms with van der Waals surface area (Å²) in [6, 6.07) is 0. The fourth-order valence-electron chi connectivity index (χ4n) is 0.282. The molecule has 0 fully saturated rings. The number of nitrogens with one attached hydrogen (secondary N) is 1. The van der Waals surface area contributed by atoms with E-state index in [9.17, 15) is 4.39 Å². The van der Waals surface area contributed by atoms with Crippen molar-refractivity contribution in [3.05, 3.63) is 24.4 Å². The van der Waals surface area contributed by atoms with Crippen molar-refractivity contribution in [1.29, 1.82) is 0 Å². The summed E-state index contributed by atoms with van der Waals surface area (Å²) in [5, 5.41) is 2.77. The van der Waals surface area contributed by atoms with E-state index in [1.807, 2.05) is 0 Å². The van der Waals surface area contributed by atoms with Gasteiger partial charge in [0.2, 0.25) is 0 Å². The van der Waals surface area contributed by atoms with Gasteiger partial charge < -0.3 is 5.32 Å². The van der Waals surface area contributed by atoms with Gasteiger partial charge in [0.15, 0.2) is 0 Å². The van der Waals surface area contributed by atoms with Crippen LogP contribution < -0.4 is 5.32 Å². The number of alkyl halides is 1. The Bertz CT molecular complexity index is 74.5. The van der Waals surface area contributed by atoms with E-state index in [-0.39, 0.29) is 0 Å². The smallest absolute Gasteiger partial charge is 0.108 e. The van der Waals surface area contributed by atoms with E-state index in [0.717, 1.165) is 0 Å². The van der Waals surface area contributed by atoms with Crippen molar-refractivity contribution in [2.75, 3.05) is 13.7 Å². The monoisotopic (exact) mass is 115 g/mol. The minimum atomic E-state index is -0.395. The fraction of sp³-hybridized carbons (Fsp3) is 0.333. The summed E-state index contributed by atoms with van der Waals surface area (Å²) in [7, 11) is 1.79. The molecule has 0 radical (unpaired) electrons. The van der Waals surface area contributed by atoms with Crippen LogP contribution >= 0.6 is 0 Å². The molecule has 0 aromatic carbocycles. The van der Waals surface area contributed by atoms with Crippen molar-refractivity contribution in [1.82, 2.24) is 5.32 Å². The topological polar surface area (TPSA) is 12.0 Å². The molecule has 2 heteroatoms. The van der Waals surface area contributed by atoms with Crippen molar-refractivity contribution in [2.45, 2.75) is 0 Å². The normalized spacial score (nSPS) is 11.2. The molecule has 0 saturated heterocycles. The molecule has 1 nitrogen and oxygen atoms in total. The zero-order valence-electron chi connectivity index (χ0n) is 4.89. The first-order valence-electron chi connectivity index (χ1n) is 2.46. The molecule has 0 aliphatic rings. The van der Waals surface area contributed by atoms with Crippen LogP contribution in [0.15, 0.2) is 24.4 Å². The molecule has 0 aliphatic carbocycles. The summed E-state index contributed by atoms with van der Waals surface area (Å²) in [4.78, 5) is 0. The van der Waals surface area contributed by atoms with E-state index < -0.39 is 6.67 Å². The van der Waals surface area contributed by atoms with E-state index >= 15 is 0 Å². The predicted molar refractivity (Wildman–Crippen MR) is 33.3 cm³/mol. The second-order valence-corrected chi connectivity index (χ2v) is 1.23. The first kappa shape index (κ1) is 7.21. The van der Waals surface area contributed by atoms with Crippen LogP contribution in [0, 0.1) is 0 Å². The molecule has 0 aromatic rings. The van der Waals surface area contributed by atoms with Gasteiger partial charge in [-0.1, -0.05) is 12.2 Å². The molecule has 0 aliphatic heterocycles. The first-order chi connectivity index (χ1) is 3.91. The average molecular weight is 115 g/mol. The van der Waals surface area contributed by atoms with Gasteiger partial charge in [0, 0.05) is 7.05 Å². The highest BCUT2D eigenvalue weighted by Gasteiger charge is 1.62. The zero-order chi connectivity index (χ0) is 6.24. The van der Waals surface area contributed by atoms with Gasteiger partial charge in [-0.3, -0.25) is 0 Å². The molecule has 0 unspecified atom stereocenters. The summed E-state index contributed by atoms with van der Waals surface area (Å²) in [6.07, 6.45) is 6.55. The Morgan fingerprint density at radius 1 is 1.50 bits per heavy atom. The highest BCUT2D eigenvalue weighted by Crippen LogP contribution is 1.74. The van der Waals surface area contributed by atoms with E-state index in [1.165, 1.54) is 6.08 Å². The number of hydrogen-bond acceptors (Lipinski definition) is 1. The van der Waals surface area contributed by atoms with E-state index in [1.54, 1.807) is 25.4 Å². The Labute approximate surface area is 48.9 Å². The maximum atomic E-state index is 11.3. The number of rotatable bonds is 3. The predicted octanol–water partition coefficient (Wildman–Crippen LogP) is 1.25. The molecule has 46 valence electrons. The van der Waals surface area contributed by atoms with Crippen molar-refractivity contribution in [3.8, 4) is 0 Å². The highest BCUT2D eigenvalue weighted by molar-refractivity contribution is 5.00. The molecular formula is C6H10FN. The lowest BCUT2D eigenvalue weighted by Crippen LogP contribution is -1.89. The lowest BCUT2D eigenvalue weighted by molar-refractivity contribution is 0.562. The lowest BCUT2D eigenvalue weighted by atomic mass is 10.5. The Balaban J connectivity index is 3.13. The Hall–Kier alpha value is -0.790. The molecule has 0 bridgehead atoms. The highest BCUT2D eigenvalue weighted by atomic mass is 19.1.